The second-order valence-corrected chi connectivity index (χ2v) is 8.36. The van der Waals surface area contributed by atoms with Gasteiger partial charge in [-0.3, -0.25) is 4.79 Å². The molecule has 1 atom stereocenters. The van der Waals surface area contributed by atoms with E-state index in [-0.39, 0.29) is 17.9 Å². The van der Waals surface area contributed by atoms with Crippen molar-refractivity contribution in [2.24, 2.45) is 11.0 Å². The number of amides is 3. The van der Waals surface area contributed by atoms with Crippen molar-refractivity contribution in [1.29, 1.82) is 0 Å². The van der Waals surface area contributed by atoms with E-state index in [0.717, 1.165) is 28.2 Å². The van der Waals surface area contributed by atoms with Crippen molar-refractivity contribution >= 4 is 28.9 Å². The maximum Gasteiger partial charge on any atom is 0.318 e. The lowest BCUT2D eigenvalue weighted by molar-refractivity contribution is -0.131. The first-order valence-electron chi connectivity index (χ1n) is 11.6. The van der Waals surface area contributed by atoms with Gasteiger partial charge in [0.25, 0.3) is 0 Å². The highest BCUT2D eigenvalue weighted by Gasteiger charge is 2.30. The number of carbonyl (C=O) groups excluding carboxylic acids is 2. The summed E-state index contributed by atoms with van der Waals surface area (Å²) in [6.07, 6.45) is 3.55. The van der Waals surface area contributed by atoms with Crippen molar-refractivity contribution in [2.75, 3.05) is 33.1 Å². The third-order valence-electron chi connectivity index (χ3n) is 6.22. The Kier molecular flexibility index (Phi) is 7.50. The number of nitrogens with one attached hydrogen (secondary N) is 2. The predicted octanol–water partition coefficient (Wildman–Crippen LogP) is 4.37. The van der Waals surface area contributed by atoms with Gasteiger partial charge < -0.3 is 20.1 Å². The fraction of sp³-hybridized carbons (Fsp3) is 0.296. The normalized spacial score (nSPS) is 17.5. The van der Waals surface area contributed by atoms with E-state index in [2.05, 4.69) is 15.7 Å². The Labute approximate surface area is 205 Å². The minimum Gasteiger partial charge on any atom is -0.497 e. The van der Waals surface area contributed by atoms with Crippen molar-refractivity contribution in [3.8, 4) is 0 Å². The SMILES string of the molecule is CNC(=O)Nc1ccc(C2=NN(C(=O)CC3CC(OC)=C(OC)C=C3c3ccccc3)CC2)cc1. The number of allylic oxidation sites excluding steroid dienone is 3. The zero-order chi connectivity index (χ0) is 24.8. The van der Waals surface area contributed by atoms with Gasteiger partial charge in [-0.25, -0.2) is 9.80 Å². The van der Waals surface area contributed by atoms with E-state index < -0.39 is 0 Å². The molecule has 35 heavy (non-hydrogen) atoms. The monoisotopic (exact) mass is 474 g/mol. The average molecular weight is 475 g/mol. The maximum absolute atomic E-state index is 13.3. The Bertz CT molecular complexity index is 1170. The summed E-state index contributed by atoms with van der Waals surface area (Å²) in [6, 6.07) is 17.2. The van der Waals surface area contributed by atoms with E-state index in [9.17, 15) is 9.59 Å². The molecular weight excluding hydrogens is 444 g/mol. The van der Waals surface area contributed by atoms with Crippen LogP contribution in [0.25, 0.3) is 5.57 Å². The summed E-state index contributed by atoms with van der Waals surface area (Å²) >= 11 is 0. The number of hydrogen-bond donors (Lipinski definition) is 2. The molecule has 1 aliphatic heterocycles. The Balaban J connectivity index is 1.48. The molecule has 1 unspecified atom stereocenters. The van der Waals surface area contributed by atoms with Crippen LogP contribution in [-0.2, 0) is 14.3 Å². The molecule has 0 saturated carbocycles. The van der Waals surface area contributed by atoms with Crippen molar-refractivity contribution in [3.05, 3.63) is 83.3 Å². The smallest absolute Gasteiger partial charge is 0.318 e. The van der Waals surface area contributed by atoms with Gasteiger partial charge in [0, 0.05) is 37.9 Å². The minimum atomic E-state index is -0.275. The molecule has 0 bridgehead atoms. The fourth-order valence-electron chi connectivity index (χ4n) is 4.36. The lowest BCUT2D eigenvalue weighted by Gasteiger charge is -2.27. The zero-order valence-corrected chi connectivity index (χ0v) is 20.2. The summed E-state index contributed by atoms with van der Waals surface area (Å²) < 4.78 is 11.1. The molecule has 0 aromatic heterocycles. The fourth-order valence-corrected chi connectivity index (χ4v) is 4.36. The number of ether oxygens (including phenoxy) is 2. The second-order valence-electron chi connectivity index (χ2n) is 8.36. The van der Waals surface area contributed by atoms with Gasteiger partial charge in [0.2, 0.25) is 5.91 Å². The summed E-state index contributed by atoms with van der Waals surface area (Å²) in [6.45, 7) is 0.541. The molecule has 2 aromatic carbocycles. The van der Waals surface area contributed by atoms with Crippen LogP contribution in [-0.4, -0.2) is 50.5 Å². The number of hydrazone groups is 1. The third-order valence-corrected chi connectivity index (χ3v) is 6.22. The van der Waals surface area contributed by atoms with Crippen molar-refractivity contribution in [1.82, 2.24) is 10.3 Å². The Morgan fingerprint density at radius 2 is 1.77 bits per heavy atom. The third kappa shape index (κ3) is 5.54. The van der Waals surface area contributed by atoms with Crippen LogP contribution in [0, 0.1) is 5.92 Å². The van der Waals surface area contributed by atoms with E-state index in [1.807, 2.05) is 60.7 Å². The Morgan fingerprint density at radius 1 is 1.03 bits per heavy atom. The van der Waals surface area contributed by atoms with E-state index in [4.69, 9.17) is 9.47 Å². The molecule has 2 aliphatic rings. The highest BCUT2D eigenvalue weighted by Crippen LogP contribution is 2.38. The van der Waals surface area contributed by atoms with Gasteiger partial charge in [-0.15, -0.1) is 0 Å². The molecule has 4 rings (SSSR count). The largest absolute Gasteiger partial charge is 0.497 e. The van der Waals surface area contributed by atoms with E-state index >= 15 is 0 Å². The molecule has 1 aliphatic carbocycles. The molecule has 0 saturated heterocycles. The summed E-state index contributed by atoms with van der Waals surface area (Å²) in [5.74, 6) is 1.35. The number of methoxy groups -OCH3 is 2. The van der Waals surface area contributed by atoms with Gasteiger partial charge in [-0.1, -0.05) is 42.5 Å². The molecular formula is C27H30N4O4. The molecule has 0 fully saturated rings. The summed E-state index contributed by atoms with van der Waals surface area (Å²) in [5.41, 5.74) is 4.59. The van der Waals surface area contributed by atoms with Gasteiger partial charge >= 0.3 is 6.03 Å². The first-order chi connectivity index (χ1) is 17.0. The molecule has 1 heterocycles. The highest BCUT2D eigenvalue weighted by molar-refractivity contribution is 6.03. The number of rotatable bonds is 7. The van der Waals surface area contributed by atoms with Gasteiger partial charge in [0.1, 0.15) is 5.76 Å². The number of carbonyl (C=O) groups is 2. The molecule has 0 spiro atoms. The van der Waals surface area contributed by atoms with Crippen LogP contribution in [0.3, 0.4) is 0 Å². The lowest BCUT2D eigenvalue weighted by atomic mass is 9.83. The summed E-state index contributed by atoms with van der Waals surface area (Å²) in [4.78, 5) is 24.8. The maximum atomic E-state index is 13.3. The predicted molar refractivity (Wildman–Crippen MR) is 136 cm³/mol. The number of urea groups is 1. The highest BCUT2D eigenvalue weighted by atomic mass is 16.5. The molecule has 3 amide bonds. The van der Waals surface area contributed by atoms with Crippen LogP contribution in [0.2, 0.25) is 0 Å². The van der Waals surface area contributed by atoms with Gasteiger partial charge in [-0.2, -0.15) is 5.10 Å². The van der Waals surface area contributed by atoms with Crippen LogP contribution in [0.15, 0.2) is 77.3 Å². The minimum absolute atomic E-state index is 0.0268. The molecule has 0 radical (unpaired) electrons. The Hall–Kier alpha value is -4.07. The molecule has 2 aromatic rings. The summed E-state index contributed by atoms with van der Waals surface area (Å²) in [7, 11) is 4.82. The first kappa shape index (κ1) is 24.1. The van der Waals surface area contributed by atoms with Crippen LogP contribution in [0.4, 0.5) is 10.5 Å². The summed E-state index contributed by atoms with van der Waals surface area (Å²) in [5, 5.41) is 11.4. The zero-order valence-electron chi connectivity index (χ0n) is 20.2. The van der Waals surface area contributed by atoms with Crippen LogP contribution in [0.5, 0.6) is 0 Å². The molecule has 8 nitrogen and oxygen atoms in total. The van der Waals surface area contributed by atoms with E-state index in [1.54, 1.807) is 26.3 Å². The lowest BCUT2D eigenvalue weighted by Crippen LogP contribution is -2.27. The van der Waals surface area contributed by atoms with E-state index in [1.165, 1.54) is 0 Å². The molecule has 8 heteroatoms. The number of nitrogens with zero attached hydrogens (tertiary/aromatic N) is 2. The van der Waals surface area contributed by atoms with Crippen molar-refractivity contribution in [2.45, 2.75) is 19.3 Å². The number of benzene rings is 2. The quantitative estimate of drug-likeness (QED) is 0.623. The molecule has 2 N–H and O–H groups in total. The topological polar surface area (TPSA) is 92.3 Å². The standard InChI is InChI=1S/C27H30N4O4/c1-28-27(33)29-21-11-9-19(10-12-21)23-13-14-31(30-23)26(32)16-20-15-24(34-2)25(35-3)17-22(20)18-7-5-4-6-8-18/h4-12,17,20H,13-16H2,1-3H3,(H2,28,29,33). The molecule has 182 valence electrons. The van der Waals surface area contributed by atoms with Crippen molar-refractivity contribution < 1.29 is 19.1 Å². The van der Waals surface area contributed by atoms with Gasteiger partial charge in [0.05, 0.1) is 26.5 Å². The van der Waals surface area contributed by atoms with Gasteiger partial charge in [-0.05, 0) is 34.9 Å². The number of anilines is 1. The Morgan fingerprint density at radius 3 is 2.43 bits per heavy atom. The van der Waals surface area contributed by atoms with Crippen LogP contribution < -0.4 is 10.6 Å². The number of hydrogen-bond acceptors (Lipinski definition) is 5. The van der Waals surface area contributed by atoms with Crippen LogP contribution in [0.1, 0.15) is 30.4 Å². The van der Waals surface area contributed by atoms with E-state index in [0.29, 0.717) is 37.3 Å². The van der Waals surface area contributed by atoms with Gasteiger partial charge in [0.15, 0.2) is 5.76 Å². The second kappa shape index (κ2) is 10.9. The van der Waals surface area contributed by atoms with Crippen LogP contribution >= 0.6 is 0 Å². The van der Waals surface area contributed by atoms with Crippen molar-refractivity contribution in [3.63, 3.8) is 0 Å². The average Bonchev–Trinajstić information content (AvgIpc) is 3.40. The first-order valence-corrected chi connectivity index (χ1v) is 11.6.